The summed E-state index contributed by atoms with van der Waals surface area (Å²) in [6.07, 6.45) is 1.69. The number of fused-ring (bicyclic) bond motifs is 1. The van der Waals surface area contributed by atoms with Crippen LogP contribution in [0.15, 0.2) is 30.3 Å². The van der Waals surface area contributed by atoms with Crippen LogP contribution in [0.4, 0.5) is 0 Å². The number of ether oxygens (including phenoxy) is 2. The monoisotopic (exact) mass is 329 g/mol. The molecule has 2 aromatic rings. The van der Waals surface area contributed by atoms with Crippen LogP contribution in [-0.2, 0) is 12.8 Å². The highest BCUT2D eigenvalue weighted by Crippen LogP contribution is 2.39. The van der Waals surface area contributed by atoms with E-state index in [1.54, 1.807) is 20.3 Å². The zero-order valence-corrected chi connectivity index (χ0v) is 14.2. The maximum absolute atomic E-state index is 10.0. The zero-order valence-electron chi connectivity index (χ0n) is 14.2. The number of phenols is 2. The Morgan fingerprint density at radius 2 is 1.75 bits per heavy atom. The summed E-state index contributed by atoms with van der Waals surface area (Å²) in [5.41, 5.74) is 3.41. The summed E-state index contributed by atoms with van der Waals surface area (Å²) in [5, 5.41) is 19.8. The van der Waals surface area contributed by atoms with Gasteiger partial charge in [-0.3, -0.25) is 4.90 Å². The second-order valence-corrected chi connectivity index (χ2v) is 6.18. The average Bonchev–Trinajstić information content (AvgIpc) is 2.58. The molecule has 0 aliphatic carbocycles. The molecule has 0 saturated carbocycles. The number of likely N-dealkylation sites (N-methyl/N-ethyl adjacent to an activating group) is 1. The third kappa shape index (κ3) is 2.99. The number of benzene rings is 2. The molecule has 0 saturated heterocycles. The van der Waals surface area contributed by atoms with Crippen LogP contribution in [-0.4, -0.2) is 42.9 Å². The molecule has 2 aromatic carbocycles. The van der Waals surface area contributed by atoms with Crippen molar-refractivity contribution < 1.29 is 19.7 Å². The van der Waals surface area contributed by atoms with Crippen molar-refractivity contribution in [2.75, 3.05) is 27.8 Å². The van der Waals surface area contributed by atoms with Crippen molar-refractivity contribution in [3.05, 3.63) is 47.0 Å². The maximum Gasteiger partial charge on any atom is 0.160 e. The van der Waals surface area contributed by atoms with Crippen molar-refractivity contribution >= 4 is 0 Å². The average molecular weight is 329 g/mol. The van der Waals surface area contributed by atoms with Crippen LogP contribution in [0.2, 0.25) is 0 Å². The molecule has 5 heteroatoms. The highest BCUT2D eigenvalue weighted by Gasteiger charge is 2.27. The summed E-state index contributed by atoms with van der Waals surface area (Å²) in [6, 6.07) is 9.37. The third-order valence-corrected chi connectivity index (χ3v) is 4.74. The third-order valence-electron chi connectivity index (χ3n) is 4.74. The van der Waals surface area contributed by atoms with Gasteiger partial charge in [-0.05, 0) is 60.8 Å². The molecule has 2 N–H and O–H groups in total. The van der Waals surface area contributed by atoms with Gasteiger partial charge in [-0.15, -0.1) is 0 Å². The number of hydrogen-bond donors (Lipinski definition) is 2. The lowest BCUT2D eigenvalue weighted by atomic mass is 9.88. The minimum Gasteiger partial charge on any atom is -0.504 e. The van der Waals surface area contributed by atoms with Crippen LogP contribution in [0.1, 0.15) is 22.7 Å². The largest absolute Gasteiger partial charge is 0.504 e. The second-order valence-electron chi connectivity index (χ2n) is 6.18. The van der Waals surface area contributed by atoms with E-state index in [9.17, 15) is 10.2 Å². The first-order chi connectivity index (χ1) is 11.5. The lowest BCUT2D eigenvalue weighted by Crippen LogP contribution is -2.33. The summed E-state index contributed by atoms with van der Waals surface area (Å²) in [5.74, 6) is 1.31. The quantitative estimate of drug-likeness (QED) is 0.903. The standard InChI is InChI=1S/C19H23NO4/c1-20-7-6-13-10-17(22)19(24-3)11-14(13)15(20)8-12-4-5-16(21)18(9-12)23-2/h4-5,9-11,15,21-22H,6-8H2,1-3H3/t15-/m0/s1. The van der Waals surface area contributed by atoms with Crippen LogP contribution < -0.4 is 9.47 Å². The van der Waals surface area contributed by atoms with Gasteiger partial charge in [0.05, 0.1) is 14.2 Å². The molecular formula is C19H23NO4. The van der Waals surface area contributed by atoms with Gasteiger partial charge in [0.25, 0.3) is 0 Å². The number of nitrogens with zero attached hydrogens (tertiary/aromatic N) is 1. The summed E-state index contributed by atoms with van der Waals surface area (Å²) in [4.78, 5) is 2.30. The molecule has 1 aliphatic rings. The Kier molecular flexibility index (Phi) is 4.53. The molecule has 1 heterocycles. The fourth-order valence-electron chi connectivity index (χ4n) is 3.35. The molecule has 0 unspecified atom stereocenters. The van der Waals surface area contributed by atoms with E-state index >= 15 is 0 Å². The van der Waals surface area contributed by atoms with Crippen LogP contribution in [0.3, 0.4) is 0 Å². The van der Waals surface area contributed by atoms with E-state index in [0.29, 0.717) is 11.5 Å². The van der Waals surface area contributed by atoms with E-state index in [0.717, 1.165) is 30.5 Å². The Bertz CT molecular complexity index is 744. The molecule has 0 radical (unpaired) electrons. The van der Waals surface area contributed by atoms with Crippen LogP contribution >= 0.6 is 0 Å². The topological polar surface area (TPSA) is 62.2 Å². The van der Waals surface area contributed by atoms with Crippen molar-refractivity contribution in [1.29, 1.82) is 0 Å². The van der Waals surface area contributed by atoms with Crippen LogP contribution in [0.25, 0.3) is 0 Å². The smallest absolute Gasteiger partial charge is 0.160 e. The first-order valence-corrected chi connectivity index (χ1v) is 7.99. The van der Waals surface area contributed by atoms with Crippen molar-refractivity contribution in [2.45, 2.75) is 18.9 Å². The van der Waals surface area contributed by atoms with Crippen LogP contribution in [0.5, 0.6) is 23.0 Å². The van der Waals surface area contributed by atoms with Gasteiger partial charge in [0.2, 0.25) is 0 Å². The zero-order chi connectivity index (χ0) is 17.3. The van der Waals surface area contributed by atoms with Crippen molar-refractivity contribution in [3.63, 3.8) is 0 Å². The highest BCUT2D eigenvalue weighted by atomic mass is 16.5. The van der Waals surface area contributed by atoms with E-state index in [1.165, 1.54) is 5.56 Å². The SMILES string of the molecule is COc1cc(C[C@H]2c3cc(OC)c(O)cc3CCN2C)ccc1O. The van der Waals surface area contributed by atoms with E-state index in [-0.39, 0.29) is 17.5 Å². The molecule has 128 valence electrons. The van der Waals surface area contributed by atoms with E-state index in [4.69, 9.17) is 9.47 Å². The van der Waals surface area contributed by atoms with Gasteiger partial charge in [-0.25, -0.2) is 0 Å². The van der Waals surface area contributed by atoms with Crippen molar-refractivity contribution in [2.24, 2.45) is 0 Å². The normalized spacial score (nSPS) is 17.4. The Labute approximate surface area is 142 Å². The number of phenolic OH excluding ortho intramolecular Hbond substituents is 2. The van der Waals surface area contributed by atoms with Gasteiger partial charge in [0.15, 0.2) is 23.0 Å². The molecule has 1 aliphatic heterocycles. The number of hydrogen-bond acceptors (Lipinski definition) is 5. The summed E-state index contributed by atoms with van der Waals surface area (Å²) in [6.45, 7) is 0.929. The maximum atomic E-state index is 10.0. The van der Waals surface area contributed by atoms with Crippen LogP contribution in [0, 0.1) is 0 Å². The van der Waals surface area contributed by atoms with Gasteiger partial charge in [-0.2, -0.15) is 0 Å². The highest BCUT2D eigenvalue weighted by molar-refractivity contribution is 5.49. The minimum absolute atomic E-state index is 0.144. The molecule has 0 spiro atoms. The van der Waals surface area contributed by atoms with Crippen molar-refractivity contribution in [3.8, 4) is 23.0 Å². The fourth-order valence-corrected chi connectivity index (χ4v) is 3.35. The summed E-state index contributed by atoms with van der Waals surface area (Å²) >= 11 is 0. The minimum atomic E-state index is 0.144. The molecule has 0 bridgehead atoms. The number of methoxy groups -OCH3 is 2. The van der Waals surface area contributed by atoms with Gasteiger partial charge in [0.1, 0.15) is 0 Å². The van der Waals surface area contributed by atoms with Gasteiger partial charge in [0, 0.05) is 12.6 Å². The van der Waals surface area contributed by atoms with Crippen molar-refractivity contribution in [1.82, 2.24) is 4.90 Å². The molecule has 1 atom stereocenters. The lowest BCUT2D eigenvalue weighted by molar-refractivity contribution is 0.228. The first-order valence-electron chi connectivity index (χ1n) is 7.99. The molecular weight excluding hydrogens is 306 g/mol. The molecule has 24 heavy (non-hydrogen) atoms. The van der Waals surface area contributed by atoms with E-state index in [1.807, 2.05) is 24.3 Å². The van der Waals surface area contributed by atoms with Gasteiger partial charge in [-0.1, -0.05) is 6.07 Å². The lowest BCUT2D eigenvalue weighted by Gasteiger charge is -2.35. The molecule has 0 fully saturated rings. The summed E-state index contributed by atoms with van der Waals surface area (Å²) in [7, 11) is 5.22. The Morgan fingerprint density at radius 1 is 1.04 bits per heavy atom. The Balaban J connectivity index is 1.96. The molecule has 0 aromatic heterocycles. The van der Waals surface area contributed by atoms with Gasteiger partial charge < -0.3 is 19.7 Å². The summed E-state index contributed by atoms with van der Waals surface area (Å²) < 4.78 is 10.5. The second kappa shape index (κ2) is 6.61. The fraction of sp³-hybridized carbons (Fsp3) is 0.368. The Hall–Kier alpha value is -2.40. The number of rotatable bonds is 4. The van der Waals surface area contributed by atoms with Gasteiger partial charge >= 0.3 is 0 Å². The number of aromatic hydroxyl groups is 2. The molecule has 5 nitrogen and oxygen atoms in total. The van der Waals surface area contributed by atoms with E-state index < -0.39 is 0 Å². The van der Waals surface area contributed by atoms with E-state index in [2.05, 4.69) is 11.9 Å². The Morgan fingerprint density at radius 3 is 2.46 bits per heavy atom. The predicted octanol–water partition coefficient (Wildman–Crippen LogP) is 2.89. The predicted molar refractivity (Wildman–Crippen MR) is 92.1 cm³/mol. The first kappa shape index (κ1) is 16.5. The molecule has 0 amide bonds. The molecule has 3 rings (SSSR count).